The molecule has 2 aromatic carbocycles. The number of nitrogens with two attached hydrogens (primary N) is 1. The van der Waals surface area contributed by atoms with Crippen molar-refractivity contribution in [3.8, 4) is 11.5 Å². The predicted molar refractivity (Wildman–Crippen MR) is 128 cm³/mol. The Morgan fingerprint density at radius 3 is 2.62 bits per heavy atom. The SMILES string of the molecule is CNC(=O)c1cc(Oc2cc3c(cc2F)CCC(C(=O)Nc2cc(CN)cc(C(F)(F)F)c2)C3)ccn1. The number of hydrogen-bond donors (Lipinski definition) is 3. The second-order valence-electron chi connectivity index (χ2n) is 8.66. The Kier molecular flexibility index (Phi) is 7.44. The van der Waals surface area contributed by atoms with E-state index in [0.29, 0.717) is 18.4 Å². The Balaban J connectivity index is 1.52. The van der Waals surface area contributed by atoms with Gasteiger partial charge in [0.05, 0.1) is 5.56 Å². The molecule has 0 saturated carbocycles. The summed E-state index contributed by atoms with van der Waals surface area (Å²) in [4.78, 5) is 28.7. The Hall–Kier alpha value is -3.99. The first-order valence-corrected chi connectivity index (χ1v) is 11.5. The first-order chi connectivity index (χ1) is 17.6. The molecule has 194 valence electrons. The van der Waals surface area contributed by atoms with Gasteiger partial charge < -0.3 is 21.1 Å². The maximum Gasteiger partial charge on any atom is 0.416 e. The van der Waals surface area contributed by atoms with Crippen LogP contribution in [0.25, 0.3) is 0 Å². The Labute approximate surface area is 210 Å². The number of carbonyl (C=O) groups is 2. The highest BCUT2D eigenvalue weighted by atomic mass is 19.4. The van der Waals surface area contributed by atoms with Crippen molar-refractivity contribution in [1.29, 1.82) is 0 Å². The number of nitrogens with one attached hydrogen (secondary N) is 2. The monoisotopic (exact) mass is 516 g/mol. The Morgan fingerprint density at radius 2 is 1.92 bits per heavy atom. The fourth-order valence-corrected chi connectivity index (χ4v) is 4.20. The van der Waals surface area contributed by atoms with Crippen molar-refractivity contribution >= 4 is 17.5 Å². The predicted octanol–water partition coefficient (Wildman–Crippen LogP) is 4.59. The topological polar surface area (TPSA) is 106 Å². The third kappa shape index (κ3) is 6.05. The molecule has 37 heavy (non-hydrogen) atoms. The number of aryl methyl sites for hydroxylation is 1. The summed E-state index contributed by atoms with van der Waals surface area (Å²) in [5, 5.41) is 5.02. The van der Waals surface area contributed by atoms with Crippen LogP contribution in [0.1, 0.15) is 39.2 Å². The van der Waals surface area contributed by atoms with Crippen molar-refractivity contribution in [2.75, 3.05) is 12.4 Å². The van der Waals surface area contributed by atoms with Crippen LogP contribution < -0.4 is 21.1 Å². The average molecular weight is 516 g/mol. The molecule has 0 spiro atoms. The van der Waals surface area contributed by atoms with Gasteiger partial charge >= 0.3 is 6.18 Å². The molecule has 0 radical (unpaired) electrons. The zero-order valence-corrected chi connectivity index (χ0v) is 19.8. The lowest BCUT2D eigenvalue weighted by molar-refractivity contribution is -0.137. The van der Waals surface area contributed by atoms with Gasteiger partial charge in [0.15, 0.2) is 11.6 Å². The van der Waals surface area contributed by atoms with E-state index in [4.69, 9.17) is 10.5 Å². The number of alkyl halides is 3. The number of fused-ring (bicyclic) bond motifs is 1. The van der Waals surface area contributed by atoms with Gasteiger partial charge in [0, 0.05) is 37.5 Å². The smallest absolute Gasteiger partial charge is 0.416 e. The normalized spacial score (nSPS) is 15.0. The number of aromatic nitrogens is 1. The molecule has 11 heteroatoms. The van der Waals surface area contributed by atoms with Crippen molar-refractivity contribution in [3.05, 3.63) is 82.4 Å². The molecule has 1 aliphatic carbocycles. The molecule has 2 amide bonds. The summed E-state index contributed by atoms with van der Waals surface area (Å²) in [6.07, 6.45) is -2.15. The van der Waals surface area contributed by atoms with Crippen LogP contribution in [-0.4, -0.2) is 23.8 Å². The first kappa shape index (κ1) is 26.1. The second-order valence-corrected chi connectivity index (χ2v) is 8.66. The van der Waals surface area contributed by atoms with Gasteiger partial charge in [0.2, 0.25) is 5.91 Å². The summed E-state index contributed by atoms with van der Waals surface area (Å²) in [5.74, 6) is -1.88. The van der Waals surface area contributed by atoms with Gasteiger partial charge in [0.1, 0.15) is 11.4 Å². The van der Waals surface area contributed by atoms with Crippen LogP contribution in [-0.2, 0) is 30.4 Å². The summed E-state index contributed by atoms with van der Waals surface area (Å²) in [6.45, 7) is -0.111. The van der Waals surface area contributed by atoms with E-state index in [1.165, 1.54) is 43.6 Å². The van der Waals surface area contributed by atoms with Gasteiger partial charge in [-0.15, -0.1) is 0 Å². The number of hydrogen-bond acceptors (Lipinski definition) is 5. The van der Waals surface area contributed by atoms with Gasteiger partial charge in [-0.3, -0.25) is 14.6 Å². The fourth-order valence-electron chi connectivity index (χ4n) is 4.20. The van der Waals surface area contributed by atoms with Gasteiger partial charge in [0.25, 0.3) is 5.91 Å². The molecule has 4 rings (SSSR count). The van der Waals surface area contributed by atoms with E-state index >= 15 is 0 Å². The number of pyridine rings is 1. The molecule has 1 atom stereocenters. The molecule has 1 aliphatic rings. The highest BCUT2D eigenvalue weighted by Crippen LogP contribution is 2.35. The number of nitrogens with zero attached hydrogens (tertiary/aromatic N) is 1. The van der Waals surface area contributed by atoms with E-state index in [0.717, 1.165) is 17.7 Å². The van der Waals surface area contributed by atoms with E-state index in [2.05, 4.69) is 15.6 Å². The van der Waals surface area contributed by atoms with Crippen LogP contribution >= 0.6 is 0 Å². The summed E-state index contributed by atoms with van der Waals surface area (Å²) in [6, 6.07) is 8.93. The minimum atomic E-state index is -4.58. The van der Waals surface area contributed by atoms with Gasteiger partial charge in [-0.1, -0.05) is 0 Å². The zero-order chi connectivity index (χ0) is 26.7. The molecule has 1 unspecified atom stereocenters. The molecule has 3 aromatic rings. The largest absolute Gasteiger partial charge is 0.454 e. The van der Waals surface area contributed by atoms with Crippen molar-refractivity contribution in [1.82, 2.24) is 10.3 Å². The van der Waals surface area contributed by atoms with Gasteiger partial charge in [-0.25, -0.2) is 4.39 Å². The number of benzene rings is 2. The number of anilines is 1. The number of halogens is 4. The lowest BCUT2D eigenvalue weighted by atomic mass is 9.83. The van der Waals surface area contributed by atoms with E-state index in [-0.39, 0.29) is 41.4 Å². The third-order valence-corrected chi connectivity index (χ3v) is 6.10. The van der Waals surface area contributed by atoms with Crippen molar-refractivity contribution < 1.29 is 31.9 Å². The van der Waals surface area contributed by atoms with Crippen LogP contribution in [0.15, 0.2) is 48.7 Å². The first-order valence-electron chi connectivity index (χ1n) is 11.5. The Morgan fingerprint density at radius 1 is 1.14 bits per heavy atom. The highest BCUT2D eigenvalue weighted by molar-refractivity contribution is 5.93. The molecule has 4 N–H and O–H groups in total. The van der Waals surface area contributed by atoms with Crippen LogP contribution in [0.3, 0.4) is 0 Å². The van der Waals surface area contributed by atoms with Gasteiger partial charge in [-0.2, -0.15) is 13.2 Å². The molecular formula is C26H24F4N4O3. The molecule has 1 heterocycles. The molecular weight excluding hydrogens is 492 g/mol. The number of amides is 2. The summed E-state index contributed by atoms with van der Waals surface area (Å²) < 4.78 is 60.1. The van der Waals surface area contributed by atoms with Crippen molar-refractivity contribution in [2.24, 2.45) is 11.7 Å². The molecule has 0 bridgehead atoms. The maximum atomic E-state index is 14.7. The molecule has 1 aromatic heterocycles. The van der Waals surface area contributed by atoms with E-state index in [1.807, 2.05) is 0 Å². The third-order valence-electron chi connectivity index (χ3n) is 6.10. The highest BCUT2D eigenvalue weighted by Gasteiger charge is 2.32. The summed E-state index contributed by atoms with van der Waals surface area (Å²) in [5.41, 5.74) is 6.39. The number of rotatable bonds is 6. The minimum absolute atomic E-state index is 0.0128. The lowest BCUT2D eigenvalue weighted by Gasteiger charge is -2.25. The maximum absolute atomic E-state index is 14.7. The van der Waals surface area contributed by atoms with Gasteiger partial charge in [-0.05, 0) is 72.4 Å². The van der Waals surface area contributed by atoms with E-state index in [9.17, 15) is 27.2 Å². The quantitative estimate of drug-likeness (QED) is 0.416. The fraction of sp³-hybridized carbons (Fsp3) is 0.269. The van der Waals surface area contributed by atoms with Crippen LogP contribution in [0, 0.1) is 11.7 Å². The molecule has 7 nitrogen and oxygen atoms in total. The zero-order valence-electron chi connectivity index (χ0n) is 19.8. The Bertz CT molecular complexity index is 1340. The number of carbonyl (C=O) groups excluding carboxylic acids is 2. The molecule has 0 saturated heterocycles. The summed E-state index contributed by atoms with van der Waals surface area (Å²) >= 11 is 0. The molecule has 0 fully saturated rings. The molecule has 0 aliphatic heterocycles. The standard InChI is InChI=1S/C26H24F4N4O3/c1-32-25(36)22-12-20(4-5-33-22)37-23-10-17-8-16(3-2-15(17)9-21(23)27)24(35)34-19-7-14(13-31)6-18(11-19)26(28,29)30/h4-7,9-12,16H,2-3,8,13,31H2,1H3,(H,32,36)(H,34,35). The van der Waals surface area contributed by atoms with Crippen LogP contribution in [0.4, 0.5) is 23.2 Å². The van der Waals surface area contributed by atoms with E-state index in [1.54, 1.807) is 0 Å². The van der Waals surface area contributed by atoms with Crippen molar-refractivity contribution in [2.45, 2.75) is 32.0 Å². The van der Waals surface area contributed by atoms with E-state index < -0.39 is 35.3 Å². The van der Waals surface area contributed by atoms with Crippen LogP contribution in [0.2, 0.25) is 0 Å². The number of ether oxygens (including phenoxy) is 1. The minimum Gasteiger partial charge on any atom is -0.454 e. The second kappa shape index (κ2) is 10.6. The summed E-state index contributed by atoms with van der Waals surface area (Å²) in [7, 11) is 1.46. The van der Waals surface area contributed by atoms with Crippen molar-refractivity contribution in [3.63, 3.8) is 0 Å². The lowest BCUT2D eigenvalue weighted by Crippen LogP contribution is -2.28. The van der Waals surface area contributed by atoms with Crippen LogP contribution in [0.5, 0.6) is 11.5 Å². The average Bonchev–Trinajstić information content (AvgIpc) is 2.87.